The van der Waals surface area contributed by atoms with Crippen molar-refractivity contribution < 1.29 is 0 Å². The van der Waals surface area contributed by atoms with Crippen LogP contribution in [0.5, 0.6) is 0 Å². The SMILES string of the molecule is CN(C)CCCN1CCC2=C(CC1)c1ccsc1Sc1ccccc12. The third-order valence-electron chi connectivity index (χ3n) is 5.17. The Morgan fingerprint density at radius 3 is 2.56 bits per heavy atom. The minimum absolute atomic E-state index is 1.17. The van der Waals surface area contributed by atoms with E-state index in [9.17, 15) is 0 Å². The Bertz CT molecular complexity index is 776. The molecule has 3 heterocycles. The molecule has 0 saturated carbocycles. The minimum Gasteiger partial charge on any atom is -0.309 e. The Morgan fingerprint density at radius 1 is 1.00 bits per heavy atom. The third kappa shape index (κ3) is 3.72. The van der Waals surface area contributed by atoms with Crippen LogP contribution in [0.15, 0.2) is 44.8 Å². The second kappa shape index (κ2) is 7.67. The molecule has 0 unspecified atom stereocenters. The molecule has 0 N–H and O–H groups in total. The molecule has 0 spiro atoms. The van der Waals surface area contributed by atoms with Gasteiger partial charge in [0.1, 0.15) is 0 Å². The van der Waals surface area contributed by atoms with Crippen molar-refractivity contribution in [1.82, 2.24) is 9.80 Å². The first-order valence-corrected chi connectivity index (χ1v) is 10.9. The molecule has 2 aliphatic rings. The average molecular weight is 371 g/mol. The van der Waals surface area contributed by atoms with Crippen molar-refractivity contribution in [3.63, 3.8) is 0 Å². The van der Waals surface area contributed by atoms with Crippen LogP contribution in [0, 0.1) is 0 Å². The Balaban J connectivity index is 1.61. The van der Waals surface area contributed by atoms with E-state index in [-0.39, 0.29) is 0 Å². The standard InChI is InChI=1S/C21H26N2S2/c1-22(2)11-5-12-23-13-8-16-17(9-14-23)19-10-15-24-21(19)25-20-7-4-3-6-18(16)20/h3-4,6-7,10,15H,5,8-9,11-14H2,1-2H3. The van der Waals surface area contributed by atoms with Gasteiger partial charge in [0.05, 0.1) is 4.21 Å². The van der Waals surface area contributed by atoms with E-state index in [0.717, 1.165) is 0 Å². The number of hydrogen-bond donors (Lipinski definition) is 0. The Labute approximate surface area is 159 Å². The zero-order chi connectivity index (χ0) is 17.2. The Hall–Kier alpha value is -1.07. The molecule has 0 bridgehead atoms. The summed E-state index contributed by atoms with van der Waals surface area (Å²) in [5.74, 6) is 0. The lowest BCUT2D eigenvalue weighted by Gasteiger charge is -2.21. The highest BCUT2D eigenvalue weighted by molar-refractivity contribution is 8.01. The van der Waals surface area contributed by atoms with Gasteiger partial charge in [0.15, 0.2) is 0 Å². The summed E-state index contributed by atoms with van der Waals surface area (Å²) in [5.41, 5.74) is 6.16. The highest BCUT2D eigenvalue weighted by Crippen LogP contribution is 2.48. The lowest BCUT2D eigenvalue weighted by Crippen LogP contribution is -2.28. The van der Waals surface area contributed by atoms with Gasteiger partial charge in [-0.15, -0.1) is 11.3 Å². The summed E-state index contributed by atoms with van der Waals surface area (Å²) >= 11 is 3.85. The zero-order valence-corrected chi connectivity index (χ0v) is 16.8. The molecule has 0 saturated heterocycles. The number of hydrogen-bond acceptors (Lipinski definition) is 4. The summed E-state index contributed by atoms with van der Waals surface area (Å²) in [5, 5.41) is 2.26. The molecule has 0 aliphatic carbocycles. The summed E-state index contributed by atoms with van der Waals surface area (Å²) in [6.45, 7) is 4.77. The van der Waals surface area contributed by atoms with Gasteiger partial charge in [-0.3, -0.25) is 0 Å². The molecule has 0 amide bonds. The quantitative estimate of drug-likeness (QED) is 0.733. The van der Waals surface area contributed by atoms with Crippen molar-refractivity contribution >= 4 is 34.2 Å². The van der Waals surface area contributed by atoms with Crippen molar-refractivity contribution in [3.05, 3.63) is 46.8 Å². The predicted molar refractivity (Wildman–Crippen MR) is 111 cm³/mol. The predicted octanol–water partition coefficient (Wildman–Crippen LogP) is 5.17. The maximum absolute atomic E-state index is 2.67. The first-order chi connectivity index (χ1) is 12.2. The van der Waals surface area contributed by atoms with Crippen molar-refractivity contribution in [3.8, 4) is 0 Å². The number of thiophene rings is 1. The van der Waals surface area contributed by atoms with Gasteiger partial charge in [0, 0.05) is 23.5 Å². The van der Waals surface area contributed by atoms with E-state index in [4.69, 9.17) is 0 Å². The van der Waals surface area contributed by atoms with Crippen LogP contribution in [0.4, 0.5) is 0 Å². The van der Waals surface area contributed by atoms with E-state index in [1.165, 1.54) is 65.7 Å². The van der Waals surface area contributed by atoms with E-state index >= 15 is 0 Å². The summed E-state index contributed by atoms with van der Waals surface area (Å²) < 4.78 is 1.47. The summed E-state index contributed by atoms with van der Waals surface area (Å²) in [6, 6.07) is 11.3. The summed E-state index contributed by atoms with van der Waals surface area (Å²) in [7, 11) is 4.33. The van der Waals surface area contributed by atoms with Crippen LogP contribution in [-0.2, 0) is 0 Å². The number of nitrogens with zero attached hydrogens (tertiary/aromatic N) is 2. The molecule has 132 valence electrons. The first-order valence-electron chi connectivity index (χ1n) is 9.16. The lowest BCUT2D eigenvalue weighted by atomic mass is 9.93. The molecule has 25 heavy (non-hydrogen) atoms. The van der Waals surface area contributed by atoms with Crippen LogP contribution in [0.25, 0.3) is 11.1 Å². The normalized spacial score (nSPS) is 17.7. The fourth-order valence-corrected chi connectivity index (χ4v) is 6.11. The van der Waals surface area contributed by atoms with E-state index in [1.807, 2.05) is 23.1 Å². The van der Waals surface area contributed by atoms with Crippen LogP contribution in [0.1, 0.15) is 30.4 Å². The molecule has 0 fully saturated rings. The van der Waals surface area contributed by atoms with E-state index in [0.29, 0.717) is 0 Å². The van der Waals surface area contributed by atoms with E-state index in [1.54, 1.807) is 11.1 Å². The Morgan fingerprint density at radius 2 is 1.76 bits per heavy atom. The van der Waals surface area contributed by atoms with Crippen LogP contribution < -0.4 is 0 Å². The van der Waals surface area contributed by atoms with Crippen LogP contribution >= 0.6 is 23.1 Å². The molecule has 0 atom stereocenters. The number of benzene rings is 1. The highest BCUT2D eigenvalue weighted by Gasteiger charge is 2.25. The second-order valence-electron chi connectivity index (χ2n) is 7.18. The van der Waals surface area contributed by atoms with Crippen LogP contribution in [0.3, 0.4) is 0 Å². The molecule has 1 aromatic heterocycles. The maximum atomic E-state index is 2.67. The van der Waals surface area contributed by atoms with Crippen molar-refractivity contribution in [2.24, 2.45) is 0 Å². The second-order valence-corrected chi connectivity index (χ2v) is 9.40. The fraction of sp³-hybridized carbons (Fsp3) is 0.429. The third-order valence-corrected chi connectivity index (χ3v) is 7.40. The zero-order valence-electron chi connectivity index (χ0n) is 15.1. The number of fused-ring (bicyclic) bond motifs is 4. The van der Waals surface area contributed by atoms with E-state index < -0.39 is 0 Å². The van der Waals surface area contributed by atoms with Crippen molar-refractivity contribution in [2.75, 3.05) is 40.3 Å². The van der Waals surface area contributed by atoms with Gasteiger partial charge < -0.3 is 9.80 Å². The lowest BCUT2D eigenvalue weighted by molar-refractivity contribution is 0.268. The molecule has 1 aromatic carbocycles. The van der Waals surface area contributed by atoms with Crippen molar-refractivity contribution in [2.45, 2.75) is 28.4 Å². The van der Waals surface area contributed by atoms with Crippen LogP contribution in [0.2, 0.25) is 0 Å². The average Bonchev–Trinajstić information content (AvgIpc) is 2.89. The van der Waals surface area contributed by atoms with Crippen LogP contribution in [-0.4, -0.2) is 50.1 Å². The molecule has 4 rings (SSSR count). The highest BCUT2D eigenvalue weighted by atomic mass is 32.2. The molecule has 2 nitrogen and oxygen atoms in total. The number of rotatable bonds is 4. The fourth-order valence-electron chi connectivity index (χ4n) is 3.89. The molecule has 4 heteroatoms. The maximum Gasteiger partial charge on any atom is 0.0721 e. The van der Waals surface area contributed by atoms with Gasteiger partial charge in [0.2, 0.25) is 0 Å². The summed E-state index contributed by atoms with van der Waals surface area (Å²) in [4.78, 5) is 6.38. The minimum atomic E-state index is 1.17. The first kappa shape index (κ1) is 17.3. The molecular weight excluding hydrogens is 344 g/mol. The summed E-state index contributed by atoms with van der Waals surface area (Å²) in [6.07, 6.45) is 3.61. The van der Waals surface area contributed by atoms with Gasteiger partial charge in [-0.1, -0.05) is 30.0 Å². The van der Waals surface area contributed by atoms with Gasteiger partial charge in [-0.2, -0.15) is 0 Å². The van der Waals surface area contributed by atoms with Crippen molar-refractivity contribution in [1.29, 1.82) is 0 Å². The molecule has 2 aliphatic heterocycles. The molecular formula is C21H26N2S2. The monoisotopic (exact) mass is 370 g/mol. The smallest absolute Gasteiger partial charge is 0.0721 e. The topological polar surface area (TPSA) is 6.48 Å². The van der Waals surface area contributed by atoms with Gasteiger partial charge >= 0.3 is 0 Å². The van der Waals surface area contributed by atoms with Gasteiger partial charge in [-0.25, -0.2) is 0 Å². The Kier molecular flexibility index (Phi) is 5.32. The largest absolute Gasteiger partial charge is 0.309 e. The van der Waals surface area contributed by atoms with Gasteiger partial charge in [0.25, 0.3) is 0 Å². The van der Waals surface area contributed by atoms with Gasteiger partial charge in [-0.05, 0) is 80.7 Å². The molecule has 0 radical (unpaired) electrons. The van der Waals surface area contributed by atoms with E-state index in [2.05, 4.69) is 59.6 Å². The molecule has 2 aromatic rings.